The molecule has 134 valence electrons. The fourth-order valence-corrected chi connectivity index (χ4v) is 2.42. The van der Waals surface area contributed by atoms with Crippen LogP contribution in [0.1, 0.15) is 33.3 Å². The van der Waals surface area contributed by atoms with Gasteiger partial charge >= 0.3 is 0 Å². The Morgan fingerprint density at radius 3 is 2.56 bits per heavy atom. The summed E-state index contributed by atoms with van der Waals surface area (Å²) in [7, 11) is 0. The molecule has 0 fully saturated rings. The van der Waals surface area contributed by atoms with Gasteiger partial charge in [-0.3, -0.25) is 9.79 Å². The van der Waals surface area contributed by atoms with E-state index in [2.05, 4.69) is 31.8 Å². The molecule has 1 atom stereocenters. The molecular weight excluding hydrogens is 314 g/mol. The van der Waals surface area contributed by atoms with Gasteiger partial charge in [0.15, 0.2) is 5.78 Å². The van der Waals surface area contributed by atoms with Gasteiger partial charge in [-0.25, -0.2) is 0 Å². The highest BCUT2D eigenvalue weighted by molar-refractivity contribution is 5.82. The summed E-state index contributed by atoms with van der Waals surface area (Å²) in [5.41, 5.74) is 2.22. The fraction of sp³-hybridized carbons (Fsp3) is 0.429. The number of rotatable bonds is 8. The van der Waals surface area contributed by atoms with Crippen molar-refractivity contribution in [3.63, 3.8) is 0 Å². The minimum Gasteiger partial charge on any atom is -0.491 e. The summed E-state index contributed by atoms with van der Waals surface area (Å²) in [6, 6.07) is 8.00. The maximum Gasteiger partial charge on any atom is 0.155 e. The molecule has 0 radical (unpaired) electrons. The van der Waals surface area contributed by atoms with E-state index >= 15 is 0 Å². The Labute approximate surface area is 150 Å². The van der Waals surface area contributed by atoms with E-state index in [1.807, 2.05) is 42.8 Å². The predicted molar refractivity (Wildman–Crippen MR) is 102 cm³/mol. The molecule has 0 aliphatic carbocycles. The van der Waals surface area contributed by atoms with Gasteiger partial charge < -0.3 is 9.47 Å². The van der Waals surface area contributed by atoms with E-state index in [9.17, 15) is 4.79 Å². The molecule has 0 N–H and O–H groups in total. The lowest BCUT2D eigenvalue weighted by atomic mass is 9.78. The van der Waals surface area contributed by atoms with Gasteiger partial charge in [0.25, 0.3) is 0 Å². The first-order valence-corrected chi connectivity index (χ1v) is 8.65. The van der Waals surface area contributed by atoms with Crippen molar-refractivity contribution in [3.8, 4) is 5.75 Å². The molecule has 1 aromatic carbocycles. The summed E-state index contributed by atoms with van der Waals surface area (Å²) < 4.78 is 10.8. The Kier molecular flexibility index (Phi) is 6.71. The molecule has 1 aliphatic rings. The quantitative estimate of drug-likeness (QED) is 0.662. The first-order valence-electron chi connectivity index (χ1n) is 8.65. The van der Waals surface area contributed by atoms with Crippen LogP contribution < -0.4 is 4.74 Å². The van der Waals surface area contributed by atoms with Crippen LogP contribution in [0, 0.1) is 11.3 Å². The first kappa shape index (κ1) is 19.1. The number of Topliss-reactive ketones (excluding diaryl/α,β-unsaturated/α-hetero) is 1. The summed E-state index contributed by atoms with van der Waals surface area (Å²) in [5, 5.41) is 0. The molecule has 1 unspecified atom stereocenters. The zero-order valence-electron chi connectivity index (χ0n) is 15.5. The van der Waals surface area contributed by atoms with Crippen molar-refractivity contribution in [2.75, 3.05) is 19.8 Å². The molecule has 0 bridgehead atoms. The lowest BCUT2D eigenvalue weighted by Gasteiger charge is -2.26. The van der Waals surface area contributed by atoms with Crippen LogP contribution in [-0.2, 0) is 9.53 Å². The number of allylic oxidation sites excluding steroid dienone is 3. The Morgan fingerprint density at radius 1 is 1.20 bits per heavy atom. The number of aliphatic imine (C=N–C) groups is 1. The third-order valence-electron chi connectivity index (χ3n) is 4.39. The van der Waals surface area contributed by atoms with E-state index in [-0.39, 0.29) is 17.8 Å². The lowest BCUT2D eigenvalue weighted by Crippen LogP contribution is -2.22. The molecule has 0 saturated carbocycles. The van der Waals surface area contributed by atoms with Crippen LogP contribution in [0.15, 0.2) is 47.6 Å². The number of hydrogen-bond acceptors (Lipinski definition) is 4. The topological polar surface area (TPSA) is 47.9 Å². The number of carbonyl (C=O) groups is 1. The Bertz CT molecular complexity index is 671. The van der Waals surface area contributed by atoms with Gasteiger partial charge in [0.1, 0.15) is 19.0 Å². The Morgan fingerprint density at radius 2 is 1.92 bits per heavy atom. The van der Waals surface area contributed by atoms with E-state index in [1.165, 1.54) is 6.92 Å². The lowest BCUT2D eigenvalue weighted by molar-refractivity contribution is -0.121. The first-order chi connectivity index (χ1) is 11.9. The Hall–Kier alpha value is -2.20. The van der Waals surface area contributed by atoms with Crippen LogP contribution in [-0.4, -0.2) is 31.8 Å². The van der Waals surface area contributed by atoms with E-state index in [0.29, 0.717) is 19.1 Å². The van der Waals surface area contributed by atoms with Crippen LogP contribution in [0.4, 0.5) is 0 Å². The van der Waals surface area contributed by atoms with Crippen LogP contribution in [0.2, 0.25) is 0 Å². The molecule has 0 amide bonds. The molecule has 4 nitrogen and oxygen atoms in total. The largest absolute Gasteiger partial charge is 0.491 e. The number of hydrogen-bond donors (Lipinski definition) is 0. The summed E-state index contributed by atoms with van der Waals surface area (Å²) >= 11 is 0. The molecule has 1 heterocycles. The molecule has 4 heteroatoms. The van der Waals surface area contributed by atoms with Gasteiger partial charge in [-0.05, 0) is 42.2 Å². The second-order valence-corrected chi connectivity index (χ2v) is 6.84. The van der Waals surface area contributed by atoms with Crippen molar-refractivity contribution in [1.82, 2.24) is 0 Å². The maximum absolute atomic E-state index is 10.8. The third kappa shape index (κ3) is 5.68. The standard InChI is InChI=1S/C21H27NO3/c1-16(2)21(4)13-19(9-10-22-15-21)18-5-7-20(8-6-18)25-12-11-24-14-17(3)23/h5-10,13,15-16H,11-12,14H2,1-4H3. The fourth-order valence-electron chi connectivity index (χ4n) is 2.42. The summed E-state index contributed by atoms with van der Waals surface area (Å²) in [6.07, 6.45) is 8.17. The highest BCUT2D eigenvalue weighted by atomic mass is 16.5. The monoisotopic (exact) mass is 341 g/mol. The second kappa shape index (κ2) is 8.77. The minimum absolute atomic E-state index is 0.0199. The zero-order chi connectivity index (χ0) is 18.3. The maximum atomic E-state index is 10.8. The van der Waals surface area contributed by atoms with Crippen LogP contribution in [0.3, 0.4) is 0 Å². The van der Waals surface area contributed by atoms with Gasteiger partial charge in [0, 0.05) is 17.8 Å². The van der Waals surface area contributed by atoms with Crippen molar-refractivity contribution < 1.29 is 14.3 Å². The van der Waals surface area contributed by atoms with Crippen LogP contribution in [0.5, 0.6) is 5.75 Å². The van der Waals surface area contributed by atoms with Crippen molar-refractivity contribution in [3.05, 3.63) is 48.2 Å². The molecule has 0 aromatic heterocycles. The average Bonchev–Trinajstić information content (AvgIpc) is 2.78. The molecule has 2 rings (SSSR count). The van der Waals surface area contributed by atoms with E-state index in [0.717, 1.165) is 16.9 Å². The molecule has 25 heavy (non-hydrogen) atoms. The minimum atomic E-state index is -0.0674. The zero-order valence-corrected chi connectivity index (χ0v) is 15.5. The van der Waals surface area contributed by atoms with Gasteiger partial charge in [-0.2, -0.15) is 0 Å². The average molecular weight is 341 g/mol. The molecule has 1 aliphatic heterocycles. The van der Waals surface area contributed by atoms with Crippen molar-refractivity contribution >= 4 is 17.6 Å². The molecule has 0 spiro atoms. The number of carbonyl (C=O) groups excluding carboxylic acids is 1. The van der Waals surface area contributed by atoms with Gasteiger partial charge in [0.05, 0.1) is 6.61 Å². The van der Waals surface area contributed by atoms with Gasteiger partial charge in [-0.1, -0.05) is 39.0 Å². The number of ether oxygens (including phenoxy) is 2. The SMILES string of the molecule is CC(=O)COCCOc1ccc(C2=CC(C)(C(C)C)C=NC=C2)cc1. The summed E-state index contributed by atoms with van der Waals surface area (Å²) in [4.78, 5) is 15.2. The smallest absolute Gasteiger partial charge is 0.155 e. The van der Waals surface area contributed by atoms with Gasteiger partial charge in [0.2, 0.25) is 0 Å². The van der Waals surface area contributed by atoms with Crippen LogP contribution >= 0.6 is 0 Å². The number of ketones is 1. The third-order valence-corrected chi connectivity index (χ3v) is 4.39. The van der Waals surface area contributed by atoms with Gasteiger partial charge in [-0.15, -0.1) is 0 Å². The normalized spacial score (nSPS) is 19.6. The molecular formula is C21H27NO3. The number of nitrogens with zero attached hydrogens (tertiary/aromatic N) is 1. The Balaban J connectivity index is 1.99. The van der Waals surface area contributed by atoms with Crippen molar-refractivity contribution in [1.29, 1.82) is 0 Å². The number of benzene rings is 1. The molecule has 1 aromatic rings. The second-order valence-electron chi connectivity index (χ2n) is 6.84. The van der Waals surface area contributed by atoms with Crippen molar-refractivity contribution in [2.45, 2.75) is 27.7 Å². The molecule has 0 saturated heterocycles. The summed E-state index contributed by atoms with van der Waals surface area (Å²) in [5.74, 6) is 1.27. The van der Waals surface area contributed by atoms with Crippen LogP contribution in [0.25, 0.3) is 5.57 Å². The highest BCUT2D eigenvalue weighted by Gasteiger charge is 2.25. The van der Waals surface area contributed by atoms with E-state index in [1.54, 1.807) is 0 Å². The van der Waals surface area contributed by atoms with E-state index < -0.39 is 0 Å². The highest BCUT2D eigenvalue weighted by Crippen LogP contribution is 2.33. The summed E-state index contributed by atoms with van der Waals surface area (Å²) in [6.45, 7) is 9.08. The van der Waals surface area contributed by atoms with E-state index in [4.69, 9.17) is 9.47 Å². The van der Waals surface area contributed by atoms with Crippen molar-refractivity contribution in [2.24, 2.45) is 16.3 Å². The predicted octanol–water partition coefficient (Wildman–Crippen LogP) is 4.31.